The minimum Gasteiger partial charge on any atom is -0.507 e. The molecule has 6 aliphatic heterocycles. The number of fused-ring (bicyclic) bond motifs is 4. The number of ether oxygens (including phenoxy) is 8. The quantitative estimate of drug-likeness (QED) is 0.0646. The second kappa shape index (κ2) is 29.1. The lowest BCUT2D eigenvalue weighted by molar-refractivity contribution is -0.299. The molecule has 14 N–H and O–H groups in total. The standard InChI is InChI=1S/C78H92O30/c1-35-13-11-17-71(7)27-43(33-101-69-59(91)57(89)55(87)47(31-81)103-69)39(5)23-75(71)61(93)49(65(97)105-75)46(84)16-20-74(10)26-42(30-80)38(4)22-78(74)64(96)52(68(100)108-78)54(86)36(2)14-12-18-72(8)28-44(34-102-70-60(92)58(90)56(88)48(32-82)104-70)40(6)24-76(72)62(94)50(66(98)106-76)45(83)15-19-73(9)25-41(29-79)37(3)21-77(73)63(95)51(53(35)85)67(99)107-77/h11-20,25-28,37-40,47-48,55-60,69-70,79-92H,21-24,29-34H2,1-10H3/b17-11+,18-12+,19-15+,20-16+,35-13+,36-14+,49-46-,50-45-,53-51-,54-52+/t37?,38?,39?,40?,47-,48-,55+,56+,57+,58+,59-,60-,69+,70+,71?,72?,73?,74?,75?,76?,77?,78?/m1/s1. The average molecular weight is 1510 g/mol. The van der Waals surface area contributed by atoms with E-state index >= 15 is 19.2 Å². The summed E-state index contributed by atoms with van der Waals surface area (Å²) >= 11 is 0. The molecular formula is C78H92O30. The maximum Gasteiger partial charge on any atom is 0.346 e. The molecule has 11 aliphatic rings. The molecule has 0 amide bonds. The van der Waals surface area contributed by atoms with Crippen LogP contribution in [0.1, 0.15) is 94.9 Å². The van der Waals surface area contributed by atoms with Crippen LogP contribution in [0.3, 0.4) is 0 Å². The van der Waals surface area contributed by atoms with E-state index in [0.717, 1.165) is 12.2 Å². The van der Waals surface area contributed by atoms with Gasteiger partial charge in [0.05, 0.1) is 61.3 Å². The van der Waals surface area contributed by atoms with E-state index in [1.807, 2.05) is 0 Å². The molecule has 22 atom stereocenters. The summed E-state index contributed by atoms with van der Waals surface area (Å²) in [4.78, 5) is 120. The van der Waals surface area contributed by atoms with Gasteiger partial charge in [-0.3, -0.25) is 19.2 Å². The minimum absolute atomic E-state index is 0.175. The van der Waals surface area contributed by atoms with Gasteiger partial charge in [0.2, 0.25) is 23.1 Å². The monoisotopic (exact) mass is 1510 g/mol. The van der Waals surface area contributed by atoms with Gasteiger partial charge in [-0.2, -0.15) is 0 Å². The van der Waals surface area contributed by atoms with Crippen molar-refractivity contribution in [1.82, 2.24) is 0 Å². The van der Waals surface area contributed by atoms with E-state index in [1.165, 1.54) is 114 Å². The van der Waals surface area contributed by atoms with Crippen molar-refractivity contribution < 1.29 is 148 Å². The fraction of sp³-hybridized carbons (Fsp3) is 0.538. The minimum atomic E-state index is -2.28. The Balaban J connectivity index is 1.07. The molecule has 0 aromatic rings. The number of allylic oxidation sites excluding steroid dienone is 8. The molecule has 0 radical (unpaired) electrons. The molecule has 6 saturated heterocycles. The molecule has 12 unspecified atom stereocenters. The van der Waals surface area contributed by atoms with Gasteiger partial charge >= 0.3 is 23.9 Å². The molecule has 0 saturated carbocycles. The third-order valence-electron chi connectivity index (χ3n) is 24.0. The van der Waals surface area contributed by atoms with Gasteiger partial charge in [0.1, 0.15) is 94.2 Å². The molecule has 0 aromatic carbocycles. The van der Waals surface area contributed by atoms with Crippen LogP contribution >= 0.6 is 0 Å². The molecule has 8 bridgehead atoms. The van der Waals surface area contributed by atoms with Gasteiger partial charge in [-0.05, 0) is 111 Å². The maximum atomic E-state index is 15.5. The number of aliphatic hydroxyl groups excluding tert-OH is 14. The van der Waals surface area contributed by atoms with Crippen LogP contribution in [0.15, 0.2) is 164 Å². The van der Waals surface area contributed by atoms with Gasteiger partial charge in [0.15, 0.2) is 35.0 Å². The Hall–Kier alpha value is -8.44. The van der Waals surface area contributed by atoms with Crippen molar-refractivity contribution in [3.63, 3.8) is 0 Å². The number of rotatable bonds is 10. The second-order valence-corrected chi connectivity index (χ2v) is 31.0. The topological polar surface area (TPSA) is 494 Å². The Morgan fingerprint density at radius 2 is 0.676 bits per heavy atom. The summed E-state index contributed by atoms with van der Waals surface area (Å²) in [6, 6.07) is 0. The van der Waals surface area contributed by atoms with Gasteiger partial charge in [-0.25, -0.2) is 19.2 Å². The number of hydrogen-bond donors (Lipinski definition) is 14. The summed E-state index contributed by atoms with van der Waals surface area (Å²) in [5, 5.41) is 154. The highest BCUT2D eigenvalue weighted by atomic mass is 16.7. The Kier molecular flexibility index (Phi) is 21.7. The van der Waals surface area contributed by atoms with Gasteiger partial charge in [0.25, 0.3) is 0 Å². The van der Waals surface area contributed by atoms with Crippen molar-refractivity contribution in [3.8, 4) is 0 Å². The van der Waals surface area contributed by atoms with Crippen LogP contribution in [0.25, 0.3) is 0 Å². The highest BCUT2D eigenvalue weighted by Crippen LogP contribution is 2.59. The summed E-state index contributed by atoms with van der Waals surface area (Å²) in [6.07, 6.45) is -0.393. The van der Waals surface area contributed by atoms with E-state index in [1.54, 1.807) is 27.7 Å². The predicted octanol–water partition coefficient (Wildman–Crippen LogP) is 2.33. The molecule has 11 rings (SSSR count). The molecule has 584 valence electrons. The molecule has 6 fully saturated rings. The zero-order valence-electron chi connectivity index (χ0n) is 61.0. The van der Waals surface area contributed by atoms with Crippen molar-refractivity contribution >= 4 is 47.0 Å². The molecule has 0 aromatic heterocycles. The normalized spacial score (nSPS) is 46.0. The van der Waals surface area contributed by atoms with E-state index < -0.39 is 261 Å². The SMILES string of the molecule is CC1=C\C=C\C2(C)C=C(CO[C@H]3O[C@H](CO)[C@H](O)[C@H](O)[C@H]3O)C(C)CC23OC(=O)/C(=C(O)/C=C/C2(C)C=C(CO)C(C)CC24OC(=O)\C(=C(O)/C(C)=C/C=C/C2(C)C=C(CO[C@H]5O[C@H](CO)[C@H](O)[C@H](O)[C@H]5O)C(C)CC25OC(=O)/C(=C(O)/C=C/C2(C)C=C(CO)C(C)CC26OC(=O)\C(=C\1O)C6=O)C5=O)C4=O)C3=O. The first kappa shape index (κ1) is 80.6. The van der Waals surface area contributed by atoms with Gasteiger partial charge < -0.3 is 109 Å². The molecule has 6 heterocycles. The highest BCUT2D eigenvalue weighted by Gasteiger charge is 2.69. The molecule has 4 spiro atoms. The summed E-state index contributed by atoms with van der Waals surface area (Å²) in [7, 11) is 0. The Morgan fingerprint density at radius 3 is 0.981 bits per heavy atom. The fourth-order valence-corrected chi connectivity index (χ4v) is 17.0. The first-order valence-electron chi connectivity index (χ1n) is 35.5. The lowest BCUT2D eigenvalue weighted by atomic mass is 9.60. The second-order valence-electron chi connectivity index (χ2n) is 31.0. The number of esters is 4. The number of carbonyl (C=O) groups is 8. The Morgan fingerprint density at radius 1 is 0.398 bits per heavy atom. The third kappa shape index (κ3) is 12.7. The molecule has 30 nitrogen and oxygen atoms in total. The van der Waals surface area contributed by atoms with Crippen molar-refractivity contribution in [1.29, 1.82) is 0 Å². The Bertz CT molecular complexity index is 4030. The lowest BCUT2D eigenvalue weighted by Crippen LogP contribution is -2.59. The van der Waals surface area contributed by atoms with Gasteiger partial charge in [-0.15, -0.1) is 0 Å². The fourth-order valence-electron chi connectivity index (χ4n) is 17.0. The zero-order valence-corrected chi connectivity index (χ0v) is 61.0. The average Bonchev–Trinajstić information content (AvgIpc) is 1.55. The molecule has 30 heteroatoms. The third-order valence-corrected chi connectivity index (χ3v) is 24.0. The smallest absolute Gasteiger partial charge is 0.346 e. The van der Waals surface area contributed by atoms with E-state index in [4.69, 9.17) is 37.9 Å². The van der Waals surface area contributed by atoms with E-state index in [2.05, 4.69) is 0 Å². The van der Waals surface area contributed by atoms with Crippen LogP contribution in [0.5, 0.6) is 0 Å². The number of Topliss-reactive ketones (excluding diaryl/α,β-unsaturated/α-hetero) is 4. The maximum absolute atomic E-state index is 15.5. The zero-order chi connectivity index (χ0) is 79.4. The van der Waals surface area contributed by atoms with Crippen LogP contribution in [0, 0.1) is 45.3 Å². The summed E-state index contributed by atoms with van der Waals surface area (Å²) < 4.78 is 47.6. The van der Waals surface area contributed by atoms with E-state index in [9.17, 15) is 90.7 Å². The lowest BCUT2D eigenvalue weighted by Gasteiger charge is -2.46. The van der Waals surface area contributed by atoms with Gasteiger partial charge in [-0.1, -0.05) is 101 Å². The Labute approximate surface area is 619 Å². The largest absolute Gasteiger partial charge is 0.507 e. The number of carbonyl (C=O) groups excluding carboxylic acids is 8. The highest BCUT2D eigenvalue weighted by molar-refractivity contribution is 6.29. The first-order valence-corrected chi connectivity index (χ1v) is 35.5. The van der Waals surface area contributed by atoms with Crippen LogP contribution in [-0.4, -0.2) is 242 Å². The van der Waals surface area contributed by atoms with E-state index in [0.29, 0.717) is 22.3 Å². The van der Waals surface area contributed by atoms with Crippen LogP contribution in [0.2, 0.25) is 0 Å². The summed E-state index contributed by atoms with van der Waals surface area (Å²) in [5.74, 6) is -16.4. The summed E-state index contributed by atoms with van der Waals surface area (Å²) in [6.45, 7) is 11.3. The van der Waals surface area contributed by atoms with Crippen molar-refractivity contribution in [3.05, 3.63) is 164 Å². The van der Waals surface area contributed by atoms with Crippen LogP contribution < -0.4 is 0 Å². The molecule has 108 heavy (non-hydrogen) atoms. The number of hydrogen-bond acceptors (Lipinski definition) is 30. The molecule has 5 aliphatic carbocycles. The number of aliphatic hydroxyl groups is 14. The van der Waals surface area contributed by atoms with Crippen LogP contribution in [0.4, 0.5) is 0 Å². The van der Waals surface area contributed by atoms with Crippen molar-refractivity contribution in [2.75, 3.05) is 39.6 Å². The summed E-state index contributed by atoms with van der Waals surface area (Å²) in [5.41, 5.74) is -19.0. The van der Waals surface area contributed by atoms with E-state index in [-0.39, 0.29) is 36.8 Å². The van der Waals surface area contributed by atoms with Gasteiger partial charge in [0, 0.05) is 25.7 Å². The van der Waals surface area contributed by atoms with Crippen molar-refractivity contribution in [2.45, 2.75) is 179 Å². The van der Waals surface area contributed by atoms with Crippen molar-refractivity contribution in [2.24, 2.45) is 45.3 Å². The van der Waals surface area contributed by atoms with Crippen LogP contribution in [-0.2, 0) is 76.3 Å². The number of ketones is 4. The first-order chi connectivity index (χ1) is 50.6. The molecular weight excluding hydrogens is 1420 g/mol. The predicted molar refractivity (Wildman–Crippen MR) is 372 cm³/mol.